The van der Waals surface area contributed by atoms with Gasteiger partial charge in [0.1, 0.15) is 11.6 Å². The molecule has 0 heterocycles. The molecule has 0 N–H and O–H groups in total. The van der Waals surface area contributed by atoms with Crippen molar-refractivity contribution in [2.45, 2.75) is 31.5 Å². The topological polar surface area (TPSA) is 0 Å². The van der Waals surface area contributed by atoms with Crippen molar-refractivity contribution in [3.8, 4) is 0 Å². The van der Waals surface area contributed by atoms with Crippen molar-refractivity contribution < 1.29 is 8.78 Å². The zero-order chi connectivity index (χ0) is 11.4. The van der Waals surface area contributed by atoms with Crippen molar-refractivity contribution in [1.82, 2.24) is 0 Å². The van der Waals surface area contributed by atoms with Crippen LogP contribution < -0.4 is 0 Å². The molecular weight excluding hydrogens is 262 g/mol. The summed E-state index contributed by atoms with van der Waals surface area (Å²) in [6, 6.07) is 3.99. The van der Waals surface area contributed by atoms with Crippen LogP contribution in [-0.2, 0) is 6.42 Å². The maximum Gasteiger partial charge on any atom is 0.129 e. The van der Waals surface area contributed by atoms with Gasteiger partial charge in [0.25, 0.3) is 0 Å². The van der Waals surface area contributed by atoms with Crippen LogP contribution in [0.4, 0.5) is 8.78 Å². The molecule has 0 aliphatic carbocycles. The minimum atomic E-state index is -0.455. The van der Waals surface area contributed by atoms with E-state index < -0.39 is 11.6 Å². The van der Waals surface area contributed by atoms with Crippen molar-refractivity contribution in [1.29, 1.82) is 0 Å². The first-order chi connectivity index (χ1) is 7.00. The van der Waals surface area contributed by atoms with Crippen LogP contribution in [0.1, 0.15) is 25.8 Å². The van der Waals surface area contributed by atoms with Crippen LogP contribution in [0.15, 0.2) is 18.2 Å². The van der Waals surface area contributed by atoms with Crippen molar-refractivity contribution in [2.24, 2.45) is 5.92 Å². The lowest BCUT2D eigenvalue weighted by molar-refractivity contribution is 0.528. The fourth-order valence-electron chi connectivity index (χ4n) is 1.54. The van der Waals surface area contributed by atoms with E-state index in [9.17, 15) is 8.78 Å². The molecule has 0 saturated heterocycles. The normalized spacial score (nSPS) is 13.2. The van der Waals surface area contributed by atoms with Crippen LogP contribution in [-0.4, -0.2) is 4.83 Å². The minimum Gasteiger partial charge on any atom is -0.207 e. The highest BCUT2D eigenvalue weighted by molar-refractivity contribution is 9.09. The standard InChI is InChI=1S/C12H15BrF2/c1-8(2)6-9(13)7-10-11(14)4-3-5-12(10)15/h3-5,8-9H,6-7H2,1-2H3. The third kappa shape index (κ3) is 3.90. The first kappa shape index (κ1) is 12.6. The average molecular weight is 277 g/mol. The number of rotatable bonds is 4. The lowest BCUT2D eigenvalue weighted by Gasteiger charge is -2.13. The van der Waals surface area contributed by atoms with Gasteiger partial charge >= 0.3 is 0 Å². The molecule has 0 radical (unpaired) electrons. The maximum absolute atomic E-state index is 13.3. The van der Waals surface area contributed by atoms with Crippen LogP contribution in [0.25, 0.3) is 0 Å². The van der Waals surface area contributed by atoms with Gasteiger partial charge in [-0.05, 0) is 30.9 Å². The summed E-state index contributed by atoms with van der Waals surface area (Å²) in [5.74, 6) is -0.393. The summed E-state index contributed by atoms with van der Waals surface area (Å²) in [4.78, 5) is 0.129. The van der Waals surface area contributed by atoms with E-state index in [0.29, 0.717) is 12.3 Å². The second-order valence-corrected chi connectivity index (χ2v) is 5.43. The van der Waals surface area contributed by atoms with Gasteiger partial charge in [0, 0.05) is 10.4 Å². The predicted molar refractivity (Wildman–Crippen MR) is 62.2 cm³/mol. The van der Waals surface area contributed by atoms with Gasteiger partial charge in [0.2, 0.25) is 0 Å². The van der Waals surface area contributed by atoms with E-state index in [2.05, 4.69) is 29.8 Å². The molecular formula is C12H15BrF2. The van der Waals surface area contributed by atoms with Gasteiger partial charge in [-0.15, -0.1) is 0 Å². The van der Waals surface area contributed by atoms with Crippen LogP contribution >= 0.6 is 15.9 Å². The molecule has 0 bridgehead atoms. The second kappa shape index (κ2) is 5.59. The number of halogens is 3. The van der Waals surface area contributed by atoms with E-state index in [-0.39, 0.29) is 10.4 Å². The Morgan fingerprint density at radius 2 is 1.73 bits per heavy atom. The number of hydrogen-bond donors (Lipinski definition) is 0. The molecule has 84 valence electrons. The first-order valence-corrected chi connectivity index (χ1v) is 5.99. The molecule has 1 aromatic carbocycles. The van der Waals surface area contributed by atoms with E-state index in [1.807, 2.05) is 0 Å². The molecule has 0 aliphatic rings. The van der Waals surface area contributed by atoms with Gasteiger partial charge in [0.15, 0.2) is 0 Å². The lowest BCUT2D eigenvalue weighted by Crippen LogP contribution is -2.09. The Hall–Kier alpha value is -0.440. The molecule has 0 aliphatic heterocycles. The Bertz CT molecular complexity index is 303. The Morgan fingerprint density at radius 3 is 2.20 bits per heavy atom. The fourth-order valence-corrected chi connectivity index (χ4v) is 2.62. The smallest absolute Gasteiger partial charge is 0.129 e. The molecule has 0 aromatic heterocycles. The van der Waals surface area contributed by atoms with Gasteiger partial charge in [-0.25, -0.2) is 8.78 Å². The molecule has 15 heavy (non-hydrogen) atoms. The second-order valence-electron chi connectivity index (χ2n) is 4.13. The summed E-state index contributed by atoms with van der Waals surface area (Å²) in [7, 11) is 0. The Morgan fingerprint density at radius 1 is 1.20 bits per heavy atom. The van der Waals surface area contributed by atoms with Crippen molar-refractivity contribution in [2.75, 3.05) is 0 Å². The molecule has 1 atom stereocenters. The van der Waals surface area contributed by atoms with Crippen molar-refractivity contribution in [3.05, 3.63) is 35.4 Å². The number of alkyl halides is 1. The molecule has 0 nitrogen and oxygen atoms in total. The molecule has 0 saturated carbocycles. The quantitative estimate of drug-likeness (QED) is 0.719. The monoisotopic (exact) mass is 276 g/mol. The SMILES string of the molecule is CC(C)CC(Br)Cc1c(F)cccc1F. The highest BCUT2D eigenvalue weighted by Gasteiger charge is 2.14. The van der Waals surface area contributed by atoms with Crippen molar-refractivity contribution in [3.63, 3.8) is 0 Å². The minimum absolute atomic E-state index is 0.129. The number of hydrogen-bond acceptors (Lipinski definition) is 0. The number of benzene rings is 1. The summed E-state index contributed by atoms with van der Waals surface area (Å²) in [5, 5.41) is 0. The molecule has 3 heteroatoms. The van der Waals surface area contributed by atoms with E-state index in [1.165, 1.54) is 18.2 Å². The molecule has 0 amide bonds. The van der Waals surface area contributed by atoms with E-state index in [4.69, 9.17) is 0 Å². The average Bonchev–Trinajstić information content (AvgIpc) is 2.10. The van der Waals surface area contributed by atoms with Gasteiger partial charge in [-0.3, -0.25) is 0 Å². The van der Waals surface area contributed by atoms with Crippen LogP contribution in [0, 0.1) is 17.6 Å². The summed E-state index contributed by atoms with van der Waals surface area (Å²) in [5.41, 5.74) is 0.181. The van der Waals surface area contributed by atoms with Gasteiger partial charge in [-0.1, -0.05) is 35.8 Å². The summed E-state index contributed by atoms with van der Waals surface area (Å²) in [6.07, 6.45) is 1.31. The zero-order valence-corrected chi connectivity index (χ0v) is 10.5. The zero-order valence-electron chi connectivity index (χ0n) is 8.93. The molecule has 1 unspecified atom stereocenters. The summed E-state index contributed by atoms with van der Waals surface area (Å²) in [6.45, 7) is 4.18. The Balaban J connectivity index is 2.71. The van der Waals surface area contributed by atoms with E-state index in [1.54, 1.807) is 0 Å². The summed E-state index contributed by atoms with van der Waals surface area (Å²) < 4.78 is 26.6. The predicted octanol–water partition coefficient (Wildman–Crippen LogP) is 4.32. The third-order valence-corrected chi connectivity index (χ3v) is 2.91. The largest absolute Gasteiger partial charge is 0.207 e. The maximum atomic E-state index is 13.3. The highest BCUT2D eigenvalue weighted by atomic mass is 79.9. The lowest BCUT2D eigenvalue weighted by atomic mass is 10.0. The molecule has 1 aromatic rings. The van der Waals surface area contributed by atoms with Gasteiger partial charge in [0.05, 0.1) is 0 Å². The fraction of sp³-hybridized carbons (Fsp3) is 0.500. The highest BCUT2D eigenvalue weighted by Crippen LogP contribution is 2.21. The molecule has 1 rings (SSSR count). The summed E-state index contributed by atoms with van der Waals surface area (Å²) >= 11 is 3.45. The Kier molecular flexibility index (Phi) is 4.71. The van der Waals surface area contributed by atoms with Crippen LogP contribution in [0.5, 0.6) is 0 Å². The van der Waals surface area contributed by atoms with Gasteiger partial charge < -0.3 is 0 Å². The third-order valence-electron chi connectivity index (χ3n) is 2.21. The Labute approximate surface area is 97.8 Å². The molecule has 0 spiro atoms. The first-order valence-electron chi connectivity index (χ1n) is 5.07. The van der Waals surface area contributed by atoms with Gasteiger partial charge in [-0.2, -0.15) is 0 Å². The van der Waals surface area contributed by atoms with Crippen LogP contribution in [0.3, 0.4) is 0 Å². The van der Waals surface area contributed by atoms with E-state index in [0.717, 1.165) is 6.42 Å². The van der Waals surface area contributed by atoms with E-state index >= 15 is 0 Å². The molecule has 0 fully saturated rings. The van der Waals surface area contributed by atoms with Crippen LogP contribution in [0.2, 0.25) is 0 Å². The van der Waals surface area contributed by atoms with Crippen molar-refractivity contribution >= 4 is 15.9 Å².